The van der Waals surface area contributed by atoms with Crippen LogP contribution in [0.1, 0.15) is 18.1 Å². The number of carbonyl (C=O) groups excluding carboxylic acids is 1. The molecule has 2 unspecified atom stereocenters. The van der Waals surface area contributed by atoms with Crippen LogP contribution in [0.4, 0.5) is 8.78 Å². The van der Waals surface area contributed by atoms with E-state index in [9.17, 15) is 18.8 Å². The van der Waals surface area contributed by atoms with Gasteiger partial charge in [-0.25, -0.2) is 8.78 Å². The van der Waals surface area contributed by atoms with Crippen molar-refractivity contribution < 1.29 is 23.0 Å². The van der Waals surface area contributed by atoms with Crippen LogP contribution in [0.25, 0.3) is 0 Å². The molecule has 8 heteroatoms. The molecule has 0 bridgehead atoms. The summed E-state index contributed by atoms with van der Waals surface area (Å²) >= 11 is 0. The summed E-state index contributed by atoms with van der Waals surface area (Å²) < 4.78 is 37.7. The van der Waals surface area contributed by atoms with Crippen LogP contribution in [0.2, 0.25) is 0 Å². The molecule has 1 saturated heterocycles. The highest BCUT2D eigenvalue weighted by atomic mass is 19.1. The Hall–Kier alpha value is -3.02. The lowest BCUT2D eigenvalue weighted by Gasteiger charge is -2.20. The Morgan fingerprint density at radius 1 is 1.21 bits per heavy atom. The molecular formula is C26H29F2N3O3. The van der Waals surface area contributed by atoms with E-state index in [2.05, 4.69) is 10.2 Å². The van der Waals surface area contributed by atoms with Crippen LogP contribution < -0.4 is 10.1 Å². The summed E-state index contributed by atoms with van der Waals surface area (Å²) in [6, 6.07) is 13.6. The van der Waals surface area contributed by atoms with Crippen molar-refractivity contribution in [3.05, 3.63) is 65.2 Å². The molecule has 0 aromatic heterocycles. The number of ether oxygens (including phenoxy) is 2. The highest BCUT2D eigenvalue weighted by Gasteiger charge is 2.55. The molecule has 1 heterocycles. The zero-order valence-corrected chi connectivity index (χ0v) is 19.2. The Morgan fingerprint density at radius 3 is 2.59 bits per heavy atom. The van der Waals surface area contributed by atoms with Crippen LogP contribution in [0.5, 0.6) is 5.75 Å². The minimum absolute atomic E-state index is 0.258. The van der Waals surface area contributed by atoms with Gasteiger partial charge in [-0.2, -0.15) is 5.26 Å². The van der Waals surface area contributed by atoms with Gasteiger partial charge in [0.15, 0.2) is 0 Å². The van der Waals surface area contributed by atoms with Crippen molar-refractivity contribution in [3.8, 4) is 11.8 Å². The maximum Gasteiger partial charge on any atom is 0.323 e. The minimum atomic E-state index is -0.806. The van der Waals surface area contributed by atoms with Gasteiger partial charge in [-0.3, -0.25) is 9.69 Å². The Bertz CT molecular complexity index is 1030. The summed E-state index contributed by atoms with van der Waals surface area (Å²) in [5, 5.41) is 12.7. The van der Waals surface area contributed by atoms with E-state index >= 15 is 0 Å². The van der Waals surface area contributed by atoms with Gasteiger partial charge in [-0.05, 0) is 48.9 Å². The van der Waals surface area contributed by atoms with Gasteiger partial charge in [0, 0.05) is 43.9 Å². The fourth-order valence-electron chi connectivity index (χ4n) is 4.71. The molecule has 4 atom stereocenters. The molecule has 4 rings (SSSR count). The number of fused-ring (bicyclic) bond motifs is 1. The Labute approximate surface area is 198 Å². The lowest BCUT2D eigenvalue weighted by Crippen LogP contribution is -2.33. The lowest BCUT2D eigenvalue weighted by molar-refractivity contribution is -0.145. The average molecular weight is 470 g/mol. The van der Waals surface area contributed by atoms with Gasteiger partial charge in [0.1, 0.15) is 29.9 Å². The van der Waals surface area contributed by atoms with Crippen LogP contribution in [0.3, 0.4) is 0 Å². The molecule has 1 saturated carbocycles. The molecule has 180 valence electrons. The van der Waals surface area contributed by atoms with Gasteiger partial charge in [-0.15, -0.1) is 0 Å². The Kier molecular flexibility index (Phi) is 7.76. The van der Waals surface area contributed by atoms with E-state index in [0.29, 0.717) is 43.0 Å². The lowest BCUT2D eigenvalue weighted by atomic mass is 10.0. The molecule has 6 nitrogen and oxygen atoms in total. The van der Waals surface area contributed by atoms with Crippen molar-refractivity contribution >= 4 is 5.97 Å². The summed E-state index contributed by atoms with van der Waals surface area (Å²) in [6.45, 7) is 5.58. The number of esters is 1. The normalized spacial score (nSPS) is 22.0. The number of hydrogen-bond donors (Lipinski definition) is 1. The predicted octanol–water partition coefficient (Wildman–Crippen LogP) is 3.31. The monoisotopic (exact) mass is 469 g/mol. The highest BCUT2D eigenvalue weighted by Crippen LogP contribution is 2.45. The van der Waals surface area contributed by atoms with Gasteiger partial charge in [0.05, 0.1) is 12.7 Å². The first-order valence-electron chi connectivity index (χ1n) is 11.7. The van der Waals surface area contributed by atoms with Crippen LogP contribution in [-0.4, -0.2) is 49.8 Å². The molecule has 1 N–H and O–H groups in total. The fourth-order valence-corrected chi connectivity index (χ4v) is 4.71. The number of halogens is 2. The molecule has 34 heavy (non-hydrogen) atoms. The average Bonchev–Trinajstić information content (AvgIpc) is 3.27. The molecule has 0 radical (unpaired) electrons. The van der Waals surface area contributed by atoms with E-state index in [1.54, 1.807) is 6.92 Å². The number of rotatable bonds is 11. The van der Waals surface area contributed by atoms with Crippen LogP contribution in [-0.2, 0) is 22.5 Å². The Morgan fingerprint density at radius 2 is 1.94 bits per heavy atom. The number of carbonyl (C=O) groups is 1. The SMILES string of the molecule is CCOC(=O)[C@H](C#N)Cc1ccc(OCCNC2C3CN(Cc4ccc(F)cc4F)C[C@@H]32)cc1. The zero-order valence-electron chi connectivity index (χ0n) is 19.2. The first-order chi connectivity index (χ1) is 16.5. The number of likely N-dealkylation sites (tertiary alicyclic amines) is 1. The third-order valence-electron chi connectivity index (χ3n) is 6.52. The fraction of sp³-hybridized carbons (Fsp3) is 0.462. The zero-order chi connectivity index (χ0) is 24.1. The van der Waals surface area contributed by atoms with Gasteiger partial charge in [0.2, 0.25) is 0 Å². The second kappa shape index (κ2) is 10.9. The van der Waals surface area contributed by atoms with Crippen molar-refractivity contribution in [2.45, 2.75) is 25.9 Å². The summed E-state index contributed by atoms with van der Waals surface area (Å²) in [7, 11) is 0. The third-order valence-corrected chi connectivity index (χ3v) is 6.52. The van der Waals surface area contributed by atoms with E-state index in [1.807, 2.05) is 30.3 Å². The Balaban J connectivity index is 1.13. The molecule has 2 aliphatic rings. The number of hydrogen-bond acceptors (Lipinski definition) is 6. The summed E-state index contributed by atoms with van der Waals surface area (Å²) in [4.78, 5) is 14.0. The molecule has 1 aliphatic carbocycles. The number of nitrogens with one attached hydrogen (secondary N) is 1. The second-order valence-corrected chi connectivity index (χ2v) is 8.87. The van der Waals surface area contributed by atoms with Crippen molar-refractivity contribution in [1.82, 2.24) is 10.2 Å². The molecular weight excluding hydrogens is 440 g/mol. The molecule has 2 fully saturated rings. The van der Waals surface area contributed by atoms with Gasteiger partial charge >= 0.3 is 5.97 Å². The quantitative estimate of drug-likeness (QED) is 0.402. The van der Waals surface area contributed by atoms with Gasteiger partial charge < -0.3 is 14.8 Å². The van der Waals surface area contributed by atoms with E-state index < -0.39 is 23.5 Å². The largest absolute Gasteiger partial charge is 0.492 e. The number of benzene rings is 2. The predicted molar refractivity (Wildman–Crippen MR) is 122 cm³/mol. The third kappa shape index (κ3) is 5.91. The first kappa shape index (κ1) is 24.1. The van der Waals surface area contributed by atoms with Crippen LogP contribution in [0.15, 0.2) is 42.5 Å². The van der Waals surface area contributed by atoms with E-state index in [1.165, 1.54) is 12.1 Å². The van der Waals surface area contributed by atoms with Gasteiger partial charge in [-0.1, -0.05) is 18.2 Å². The highest BCUT2D eigenvalue weighted by molar-refractivity contribution is 5.75. The van der Waals surface area contributed by atoms with E-state index in [-0.39, 0.29) is 6.61 Å². The van der Waals surface area contributed by atoms with Crippen molar-refractivity contribution in [2.75, 3.05) is 32.8 Å². The number of nitrogens with zero attached hydrogens (tertiary/aromatic N) is 2. The van der Waals surface area contributed by atoms with Crippen molar-refractivity contribution in [2.24, 2.45) is 17.8 Å². The number of nitriles is 1. The van der Waals surface area contributed by atoms with E-state index in [0.717, 1.165) is 37.0 Å². The minimum Gasteiger partial charge on any atom is -0.492 e. The maximum atomic E-state index is 13.9. The molecule has 0 amide bonds. The van der Waals surface area contributed by atoms with Crippen molar-refractivity contribution in [3.63, 3.8) is 0 Å². The summed E-state index contributed by atoms with van der Waals surface area (Å²) in [5.74, 6) is -0.463. The second-order valence-electron chi connectivity index (χ2n) is 8.87. The smallest absolute Gasteiger partial charge is 0.323 e. The standard InChI is InChI=1S/C26H29F2N3O3/c1-2-33-26(32)19(13-29)11-17-3-7-21(8-4-17)34-10-9-30-25-22-15-31(16-23(22)25)14-18-5-6-20(27)12-24(18)28/h3-8,12,19,22-23,25,30H,2,9-11,14-16H2,1H3/t19-,22-,23?,25?/m0/s1. The summed E-state index contributed by atoms with van der Waals surface area (Å²) in [6.07, 6.45) is 0.312. The first-order valence-corrected chi connectivity index (χ1v) is 11.7. The molecule has 1 aliphatic heterocycles. The molecule has 2 aromatic carbocycles. The summed E-state index contributed by atoms with van der Waals surface area (Å²) in [5.41, 5.74) is 1.41. The maximum absolute atomic E-state index is 13.9. The molecule has 0 spiro atoms. The van der Waals surface area contributed by atoms with Crippen LogP contribution >= 0.6 is 0 Å². The molecule has 2 aromatic rings. The topological polar surface area (TPSA) is 74.6 Å². The van der Waals surface area contributed by atoms with Crippen molar-refractivity contribution in [1.29, 1.82) is 5.26 Å². The van der Waals surface area contributed by atoms with Gasteiger partial charge in [0.25, 0.3) is 0 Å². The number of piperidine rings is 1. The van der Waals surface area contributed by atoms with Crippen LogP contribution in [0, 0.1) is 40.7 Å². The van der Waals surface area contributed by atoms with E-state index in [4.69, 9.17) is 9.47 Å².